The lowest BCUT2D eigenvalue weighted by atomic mass is 10.0. The van der Waals surface area contributed by atoms with Gasteiger partial charge in [0, 0.05) is 12.1 Å². The molecule has 3 aromatic carbocycles. The van der Waals surface area contributed by atoms with E-state index in [-0.39, 0.29) is 11.9 Å². The van der Waals surface area contributed by atoms with Crippen LogP contribution in [0.5, 0.6) is 5.75 Å². The molecule has 0 saturated carbocycles. The Morgan fingerprint density at radius 3 is 2.47 bits per heavy atom. The van der Waals surface area contributed by atoms with Gasteiger partial charge in [0.1, 0.15) is 11.0 Å². The first-order valence-electron chi connectivity index (χ1n) is 11.0. The van der Waals surface area contributed by atoms with Gasteiger partial charge in [-0.2, -0.15) is 0 Å². The first-order chi connectivity index (χ1) is 16.6. The lowest BCUT2D eigenvalue weighted by molar-refractivity contribution is -0.121. The van der Waals surface area contributed by atoms with Crippen molar-refractivity contribution < 1.29 is 9.53 Å². The molecule has 0 radical (unpaired) electrons. The van der Waals surface area contributed by atoms with Crippen molar-refractivity contribution >= 4 is 17.7 Å². The predicted molar refractivity (Wildman–Crippen MR) is 133 cm³/mol. The molecule has 4 aromatic rings. The van der Waals surface area contributed by atoms with Crippen molar-refractivity contribution in [2.45, 2.75) is 29.9 Å². The maximum atomic E-state index is 13.4. The first kappa shape index (κ1) is 22.0. The topological polar surface area (TPSA) is 81.1 Å². The molecule has 1 amide bonds. The normalized spacial score (nSPS) is 16.9. The number of ether oxygens (including phenoxy) is 1. The number of rotatable bonds is 6. The lowest BCUT2D eigenvalue weighted by Gasteiger charge is -2.33. The molecular formula is C26H25N5O2S. The van der Waals surface area contributed by atoms with Crippen LogP contribution >= 0.6 is 11.8 Å². The maximum absolute atomic E-state index is 13.4. The van der Waals surface area contributed by atoms with Gasteiger partial charge in [-0.15, -0.1) is 10.2 Å². The summed E-state index contributed by atoms with van der Waals surface area (Å²) in [5.41, 5.74) is 7.68. The highest BCUT2D eigenvalue weighted by Gasteiger charge is 2.37. The van der Waals surface area contributed by atoms with E-state index in [4.69, 9.17) is 4.74 Å². The number of benzene rings is 3. The summed E-state index contributed by atoms with van der Waals surface area (Å²) < 4.78 is 7.10. The van der Waals surface area contributed by atoms with Crippen LogP contribution in [0.2, 0.25) is 0 Å². The van der Waals surface area contributed by atoms with Gasteiger partial charge in [0.05, 0.1) is 13.2 Å². The molecule has 0 bridgehead atoms. The van der Waals surface area contributed by atoms with Crippen LogP contribution in [0.4, 0.5) is 0 Å². The van der Waals surface area contributed by atoms with Crippen molar-refractivity contribution in [2.75, 3.05) is 12.5 Å². The van der Waals surface area contributed by atoms with Gasteiger partial charge in [0.15, 0.2) is 5.82 Å². The molecule has 0 spiro atoms. The highest BCUT2D eigenvalue weighted by Crippen LogP contribution is 2.38. The summed E-state index contributed by atoms with van der Waals surface area (Å²) in [6.45, 7) is 2.49. The van der Waals surface area contributed by atoms with Crippen LogP contribution in [0.25, 0.3) is 11.4 Å². The fourth-order valence-corrected chi connectivity index (χ4v) is 4.99. The highest BCUT2D eigenvalue weighted by molar-refractivity contribution is 8.00. The molecule has 1 aromatic heterocycles. The Hall–Kier alpha value is -3.78. The van der Waals surface area contributed by atoms with Crippen LogP contribution < -0.4 is 15.5 Å². The lowest BCUT2D eigenvalue weighted by Crippen LogP contribution is -2.43. The number of amides is 1. The van der Waals surface area contributed by atoms with Crippen LogP contribution in [-0.2, 0) is 11.3 Å². The van der Waals surface area contributed by atoms with Gasteiger partial charge in [0.2, 0.25) is 11.1 Å². The number of hydrogen-bond donors (Lipinski definition) is 2. The van der Waals surface area contributed by atoms with Gasteiger partial charge in [-0.1, -0.05) is 84.1 Å². The van der Waals surface area contributed by atoms with Crippen molar-refractivity contribution in [1.29, 1.82) is 0 Å². The van der Waals surface area contributed by atoms with E-state index in [1.54, 1.807) is 7.11 Å². The first-order valence-corrected chi connectivity index (χ1v) is 11.9. The Balaban J connectivity index is 1.42. The van der Waals surface area contributed by atoms with Gasteiger partial charge in [-0.25, -0.2) is 4.68 Å². The van der Waals surface area contributed by atoms with Gasteiger partial charge < -0.3 is 15.5 Å². The number of carbonyl (C=O) groups is 1. The Morgan fingerprint density at radius 2 is 1.76 bits per heavy atom. The Labute approximate surface area is 202 Å². The SMILES string of the molecule is COc1ccc(CNC(=O)[C@@H]2Sc3nnc(-c4ccccc4)n3N[C@H]2c2ccc(C)cc2)cc1. The van der Waals surface area contributed by atoms with Crippen LogP contribution in [0, 0.1) is 6.92 Å². The maximum Gasteiger partial charge on any atom is 0.236 e. The van der Waals surface area contributed by atoms with Gasteiger partial charge in [0.25, 0.3) is 0 Å². The minimum Gasteiger partial charge on any atom is -0.497 e. The van der Waals surface area contributed by atoms with Crippen LogP contribution in [0.15, 0.2) is 84.0 Å². The summed E-state index contributed by atoms with van der Waals surface area (Å²) in [5, 5.41) is 12.1. The Bertz CT molecular complexity index is 1270. The summed E-state index contributed by atoms with van der Waals surface area (Å²) in [7, 11) is 1.64. The standard InChI is InChI=1S/C26H25N5O2S/c1-17-8-12-19(13-9-17)22-23(25(32)27-16-18-10-14-21(33-2)15-11-18)34-26-29-28-24(31(26)30-22)20-6-4-3-5-7-20/h3-15,22-23,30H,16H2,1-2H3,(H,27,32)/t22-,23+/m0/s1. The second-order valence-electron chi connectivity index (χ2n) is 8.13. The van der Waals surface area contributed by atoms with E-state index in [2.05, 4.69) is 52.1 Å². The molecule has 2 heterocycles. The Kier molecular flexibility index (Phi) is 6.22. The molecule has 2 N–H and O–H groups in total. The molecule has 8 heteroatoms. The zero-order valence-electron chi connectivity index (χ0n) is 18.9. The number of methoxy groups -OCH3 is 1. The second kappa shape index (κ2) is 9.61. The minimum atomic E-state index is -0.415. The smallest absolute Gasteiger partial charge is 0.236 e. The van der Waals surface area contributed by atoms with E-state index < -0.39 is 5.25 Å². The minimum absolute atomic E-state index is 0.0607. The van der Waals surface area contributed by atoms with Crippen LogP contribution in [0.3, 0.4) is 0 Å². The molecular weight excluding hydrogens is 446 g/mol. The van der Waals surface area contributed by atoms with Crippen molar-refractivity contribution in [3.8, 4) is 17.1 Å². The summed E-state index contributed by atoms with van der Waals surface area (Å²) in [5.74, 6) is 1.45. The van der Waals surface area contributed by atoms with E-state index in [0.29, 0.717) is 11.7 Å². The zero-order valence-corrected chi connectivity index (χ0v) is 19.8. The van der Waals surface area contributed by atoms with Gasteiger partial charge in [-0.05, 0) is 30.2 Å². The van der Waals surface area contributed by atoms with Crippen molar-refractivity contribution in [3.05, 3.63) is 95.6 Å². The average molecular weight is 472 g/mol. The molecule has 34 heavy (non-hydrogen) atoms. The molecule has 5 rings (SSSR count). The second-order valence-corrected chi connectivity index (χ2v) is 9.24. The van der Waals surface area contributed by atoms with Gasteiger partial charge >= 0.3 is 0 Å². The van der Waals surface area contributed by atoms with Crippen molar-refractivity contribution in [3.63, 3.8) is 0 Å². The molecule has 7 nitrogen and oxygen atoms in total. The molecule has 0 unspecified atom stereocenters. The van der Waals surface area contributed by atoms with Crippen LogP contribution in [-0.4, -0.2) is 33.1 Å². The molecule has 1 aliphatic rings. The molecule has 0 saturated heterocycles. The quantitative estimate of drug-likeness (QED) is 0.436. The third-order valence-electron chi connectivity index (χ3n) is 5.79. The number of nitrogens with one attached hydrogen (secondary N) is 2. The monoisotopic (exact) mass is 471 g/mol. The molecule has 172 valence electrons. The molecule has 1 aliphatic heterocycles. The number of aromatic nitrogens is 3. The predicted octanol–water partition coefficient (Wildman–Crippen LogP) is 4.34. The fraction of sp³-hybridized carbons (Fsp3) is 0.192. The number of carbonyl (C=O) groups excluding carboxylic acids is 1. The van der Waals surface area contributed by atoms with E-state index in [1.165, 1.54) is 17.3 Å². The largest absolute Gasteiger partial charge is 0.497 e. The number of thioether (sulfide) groups is 1. The van der Waals surface area contributed by atoms with E-state index in [9.17, 15) is 4.79 Å². The van der Waals surface area contributed by atoms with Crippen molar-refractivity contribution in [2.24, 2.45) is 0 Å². The number of nitrogens with zero attached hydrogens (tertiary/aromatic N) is 3. The number of hydrogen-bond acceptors (Lipinski definition) is 6. The van der Waals surface area contributed by atoms with Crippen LogP contribution in [0.1, 0.15) is 22.7 Å². The molecule has 0 aliphatic carbocycles. The number of aryl methyl sites for hydroxylation is 1. The summed E-state index contributed by atoms with van der Waals surface area (Å²) in [6, 6.07) is 25.6. The van der Waals surface area contributed by atoms with Gasteiger partial charge in [-0.3, -0.25) is 4.79 Å². The average Bonchev–Trinajstić information content (AvgIpc) is 3.31. The summed E-state index contributed by atoms with van der Waals surface area (Å²) in [6.07, 6.45) is 0. The highest BCUT2D eigenvalue weighted by atomic mass is 32.2. The summed E-state index contributed by atoms with van der Waals surface area (Å²) >= 11 is 1.42. The third-order valence-corrected chi connectivity index (χ3v) is 7.00. The third kappa shape index (κ3) is 4.49. The summed E-state index contributed by atoms with van der Waals surface area (Å²) in [4.78, 5) is 13.4. The fourth-order valence-electron chi connectivity index (χ4n) is 3.89. The van der Waals surface area contributed by atoms with E-state index >= 15 is 0 Å². The van der Waals surface area contributed by atoms with E-state index in [0.717, 1.165) is 28.3 Å². The number of fused-ring (bicyclic) bond motifs is 1. The molecule has 2 atom stereocenters. The molecule has 0 fully saturated rings. The van der Waals surface area contributed by atoms with E-state index in [1.807, 2.05) is 59.3 Å². The zero-order chi connectivity index (χ0) is 23.5. The Morgan fingerprint density at radius 1 is 1.03 bits per heavy atom. The van der Waals surface area contributed by atoms with Crippen molar-refractivity contribution in [1.82, 2.24) is 20.2 Å².